The molecule has 0 spiro atoms. The number of pyridine rings is 1. The van der Waals surface area contributed by atoms with Crippen molar-refractivity contribution in [3.63, 3.8) is 0 Å². The van der Waals surface area contributed by atoms with Crippen molar-refractivity contribution in [3.8, 4) is 6.07 Å². The van der Waals surface area contributed by atoms with Crippen LogP contribution in [0.15, 0.2) is 30.7 Å². The largest absolute Gasteiger partial charge is 0.306 e. The second-order valence-electron chi connectivity index (χ2n) is 5.70. The molecule has 7 heteroatoms. The molecule has 0 atom stereocenters. The van der Waals surface area contributed by atoms with Crippen LogP contribution in [0.2, 0.25) is 0 Å². The van der Waals surface area contributed by atoms with E-state index in [4.69, 9.17) is 5.26 Å². The molecule has 0 aromatic carbocycles. The molecule has 0 unspecified atom stereocenters. The van der Waals surface area contributed by atoms with Gasteiger partial charge in [0.2, 0.25) is 0 Å². The van der Waals surface area contributed by atoms with E-state index < -0.39 is 0 Å². The van der Waals surface area contributed by atoms with Gasteiger partial charge in [-0.05, 0) is 39.0 Å². The predicted molar refractivity (Wildman–Crippen MR) is 84.9 cm³/mol. The molecule has 3 rings (SSSR count). The van der Waals surface area contributed by atoms with Gasteiger partial charge in [0, 0.05) is 24.7 Å². The number of aromatic nitrogens is 3. The third kappa shape index (κ3) is 3.38. The SMILES string of the molecule is CN1CCC(n2ccc(NC(=O)c3cnccc3C#N)n2)CC1. The number of hydrogen-bond acceptors (Lipinski definition) is 5. The average molecular weight is 310 g/mol. The molecule has 0 aliphatic carbocycles. The minimum Gasteiger partial charge on any atom is -0.306 e. The zero-order valence-electron chi connectivity index (χ0n) is 12.9. The number of amides is 1. The van der Waals surface area contributed by atoms with Crippen molar-refractivity contribution in [2.75, 3.05) is 25.5 Å². The molecule has 0 saturated carbocycles. The molecule has 1 aliphatic rings. The Balaban J connectivity index is 1.69. The van der Waals surface area contributed by atoms with Crippen LogP contribution in [0.5, 0.6) is 0 Å². The highest BCUT2D eigenvalue weighted by Gasteiger charge is 2.19. The van der Waals surface area contributed by atoms with E-state index in [9.17, 15) is 4.79 Å². The lowest BCUT2D eigenvalue weighted by Crippen LogP contribution is -2.31. The van der Waals surface area contributed by atoms with Crippen LogP contribution in [-0.4, -0.2) is 45.7 Å². The summed E-state index contributed by atoms with van der Waals surface area (Å²) >= 11 is 0. The molecular formula is C16H18N6O. The van der Waals surface area contributed by atoms with Crippen molar-refractivity contribution in [2.45, 2.75) is 18.9 Å². The highest BCUT2D eigenvalue weighted by Crippen LogP contribution is 2.22. The number of nitrogens with one attached hydrogen (secondary N) is 1. The minimum absolute atomic E-state index is 0.254. The molecule has 1 fully saturated rings. The van der Waals surface area contributed by atoms with Crippen molar-refractivity contribution in [3.05, 3.63) is 41.9 Å². The van der Waals surface area contributed by atoms with Gasteiger partial charge in [0.25, 0.3) is 5.91 Å². The molecule has 1 N–H and O–H groups in total. The fraction of sp³-hybridized carbons (Fsp3) is 0.375. The quantitative estimate of drug-likeness (QED) is 0.932. The van der Waals surface area contributed by atoms with Gasteiger partial charge in [-0.15, -0.1) is 0 Å². The predicted octanol–water partition coefficient (Wildman–Crippen LogP) is 1.67. The van der Waals surface area contributed by atoms with E-state index in [2.05, 4.69) is 27.3 Å². The van der Waals surface area contributed by atoms with Crippen LogP contribution in [0.4, 0.5) is 5.82 Å². The summed E-state index contributed by atoms with van der Waals surface area (Å²) in [7, 11) is 2.12. The van der Waals surface area contributed by atoms with Gasteiger partial charge in [-0.25, -0.2) is 0 Å². The Morgan fingerprint density at radius 1 is 1.39 bits per heavy atom. The highest BCUT2D eigenvalue weighted by atomic mass is 16.1. The highest BCUT2D eigenvalue weighted by molar-refractivity contribution is 6.05. The van der Waals surface area contributed by atoms with Crippen LogP contribution < -0.4 is 5.32 Å². The molecule has 0 bridgehead atoms. The first-order valence-corrected chi connectivity index (χ1v) is 7.56. The molecule has 1 saturated heterocycles. The average Bonchev–Trinajstić information content (AvgIpc) is 3.04. The second-order valence-corrected chi connectivity index (χ2v) is 5.70. The normalized spacial score (nSPS) is 16.0. The van der Waals surface area contributed by atoms with E-state index in [-0.39, 0.29) is 11.5 Å². The number of nitriles is 1. The van der Waals surface area contributed by atoms with Crippen LogP contribution in [-0.2, 0) is 0 Å². The summed E-state index contributed by atoms with van der Waals surface area (Å²) in [5.41, 5.74) is 0.552. The molecule has 3 heterocycles. The molecular weight excluding hydrogens is 292 g/mol. The molecule has 2 aromatic heterocycles. The number of nitrogens with zero attached hydrogens (tertiary/aromatic N) is 5. The van der Waals surface area contributed by atoms with E-state index in [0.29, 0.717) is 17.4 Å². The van der Waals surface area contributed by atoms with Gasteiger partial charge in [-0.3, -0.25) is 14.5 Å². The summed E-state index contributed by atoms with van der Waals surface area (Å²) < 4.78 is 1.91. The van der Waals surface area contributed by atoms with E-state index in [1.54, 1.807) is 6.07 Å². The molecule has 0 radical (unpaired) electrons. The number of carbonyl (C=O) groups excluding carboxylic acids is 1. The zero-order valence-corrected chi connectivity index (χ0v) is 12.9. The maximum atomic E-state index is 12.3. The number of carbonyl (C=O) groups is 1. The Morgan fingerprint density at radius 2 is 2.17 bits per heavy atom. The summed E-state index contributed by atoms with van der Waals surface area (Å²) in [6.45, 7) is 2.10. The van der Waals surface area contributed by atoms with Gasteiger partial charge in [0.15, 0.2) is 5.82 Å². The number of rotatable bonds is 3. The van der Waals surface area contributed by atoms with Gasteiger partial charge in [-0.2, -0.15) is 10.4 Å². The third-order valence-corrected chi connectivity index (χ3v) is 4.10. The summed E-state index contributed by atoms with van der Waals surface area (Å²) in [5, 5.41) is 16.2. The lowest BCUT2D eigenvalue weighted by atomic mass is 10.1. The van der Waals surface area contributed by atoms with Crippen molar-refractivity contribution < 1.29 is 4.79 Å². The van der Waals surface area contributed by atoms with Crippen molar-refractivity contribution in [1.29, 1.82) is 5.26 Å². The van der Waals surface area contributed by atoms with Crippen LogP contribution in [0.25, 0.3) is 0 Å². The minimum atomic E-state index is -0.372. The maximum absolute atomic E-state index is 12.3. The van der Waals surface area contributed by atoms with Crippen LogP contribution in [0.1, 0.15) is 34.8 Å². The molecule has 7 nitrogen and oxygen atoms in total. The maximum Gasteiger partial charge on any atom is 0.259 e. The molecule has 2 aromatic rings. The summed E-state index contributed by atoms with van der Waals surface area (Å²) in [6, 6.07) is 5.65. The summed E-state index contributed by atoms with van der Waals surface area (Å²) in [5.74, 6) is 0.116. The first kappa shape index (κ1) is 15.2. The second kappa shape index (κ2) is 6.58. The van der Waals surface area contributed by atoms with Crippen molar-refractivity contribution in [1.82, 2.24) is 19.7 Å². The smallest absolute Gasteiger partial charge is 0.259 e. The molecule has 1 amide bonds. The van der Waals surface area contributed by atoms with Gasteiger partial charge in [-0.1, -0.05) is 0 Å². The monoisotopic (exact) mass is 310 g/mol. The van der Waals surface area contributed by atoms with E-state index in [1.165, 1.54) is 18.5 Å². The molecule has 1 aliphatic heterocycles. The Kier molecular flexibility index (Phi) is 4.35. The van der Waals surface area contributed by atoms with Gasteiger partial charge >= 0.3 is 0 Å². The van der Waals surface area contributed by atoms with Crippen LogP contribution in [0.3, 0.4) is 0 Å². The van der Waals surface area contributed by atoms with Gasteiger partial charge in [0.1, 0.15) is 6.07 Å². The first-order chi connectivity index (χ1) is 11.2. The Labute approximate surface area is 134 Å². The van der Waals surface area contributed by atoms with Gasteiger partial charge in [0.05, 0.1) is 17.2 Å². The standard InChI is InChI=1S/C16H18N6O/c1-21-7-3-13(4-8-21)22-9-5-15(20-22)19-16(23)14-11-18-6-2-12(14)10-17/h2,5-6,9,11,13H,3-4,7-8H2,1H3,(H,19,20,23). The Bertz CT molecular complexity index is 739. The number of hydrogen-bond donors (Lipinski definition) is 1. The fourth-order valence-corrected chi connectivity index (χ4v) is 2.72. The summed E-state index contributed by atoms with van der Waals surface area (Å²) in [6.07, 6.45) is 6.87. The van der Waals surface area contributed by atoms with E-state index >= 15 is 0 Å². The van der Waals surface area contributed by atoms with E-state index in [0.717, 1.165) is 25.9 Å². The zero-order chi connectivity index (χ0) is 16.2. The number of piperidine rings is 1. The van der Waals surface area contributed by atoms with Gasteiger partial charge < -0.3 is 10.2 Å². The molecule has 23 heavy (non-hydrogen) atoms. The Hall–Kier alpha value is -2.72. The van der Waals surface area contributed by atoms with E-state index in [1.807, 2.05) is 16.9 Å². The van der Waals surface area contributed by atoms with Crippen molar-refractivity contribution in [2.24, 2.45) is 0 Å². The third-order valence-electron chi connectivity index (χ3n) is 4.10. The topological polar surface area (TPSA) is 86.8 Å². The number of anilines is 1. The van der Waals surface area contributed by atoms with Crippen molar-refractivity contribution >= 4 is 11.7 Å². The fourth-order valence-electron chi connectivity index (χ4n) is 2.72. The lowest BCUT2D eigenvalue weighted by Gasteiger charge is -2.28. The first-order valence-electron chi connectivity index (χ1n) is 7.56. The van der Waals surface area contributed by atoms with Crippen LogP contribution in [0, 0.1) is 11.3 Å². The summed E-state index contributed by atoms with van der Waals surface area (Å²) in [4.78, 5) is 18.5. The van der Waals surface area contributed by atoms with Crippen LogP contribution >= 0.6 is 0 Å². The molecule has 118 valence electrons. The Morgan fingerprint density at radius 3 is 2.91 bits per heavy atom. The lowest BCUT2D eigenvalue weighted by molar-refractivity contribution is 0.102. The number of likely N-dealkylation sites (tertiary alicyclic amines) is 1.